The lowest BCUT2D eigenvalue weighted by molar-refractivity contribution is 0.402. The van der Waals surface area contributed by atoms with E-state index < -0.39 is 0 Å². The van der Waals surface area contributed by atoms with Crippen molar-refractivity contribution in [1.29, 1.82) is 0 Å². The van der Waals surface area contributed by atoms with Crippen LogP contribution in [0, 0.1) is 0 Å². The maximum Gasteiger partial charge on any atom is 0.271 e. The van der Waals surface area contributed by atoms with Gasteiger partial charge in [-0.15, -0.1) is 0 Å². The minimum absolute atomic E-state index is 0.0586. The van der Waals surface area contributed by atoms with Gasteiger partial charge < -0.3 is 9.30 Å². The van der Waals surface area contributed by atoms with Gasteiger partial charge in [0.05, 0.1) is 34.8 Å². The van der Waals surface area contributed by atoms with Gasteiger partial charge in [0.15, 0.2) is 4.80 Å². The third-order valence-corrected chi connectivity index (χ3v) is 11.3. The van der Waals surface area contributed by atoms with Gasteiger partial charge in [-0.1, -0.05) is 130 Å². The van der Waals surface area contributed by atoms with Crippen molar-refractivity contribution in [2.75, 3.05) is 7.11 Å². The molecule has 0 spiro atoms. The number of para-hydroxylation sites is 1. The summed E-state index contributed by atoms with van der Waals surface area (Å²) in [7, 11) is 1.69. The molecule has 0 amide bonds. The van der Waals surface area contributed by atoms with Crippen LogP contribution in [0.5, 0.6) is 5.75 Å². The lowest BCUT2D eigenvalue weighted by Gasteiger charge is -2.31. The number of hydrogen-bond acceptors (Lipinski definition) is 4. The van der Waals surface area contributed by atoms with Gasteiger partial charge in [-0.2, -0.15) is 0 Å². The highest BCUT2D eigenvalue weighted by Gasteiger charge is 2.34. The van der Waals surface area contributed by atoms with Crippen molar-refractivity contribution >= 4 is 39.0 Å². The first-order chi connectivity index (χ1) is 25.1. The average Bonchev–Trinajstić information content (AvgIpc) is 3.71. The largest absolute Gasteiger partial charge is 0.496 e. The van der Waals surface area contributed by atoms with Crippen molar-refractivity contribution in [3.63, 3.8) is 0 Å². The zero-order valence-electron chi connectivity index (χ0n) is 27.8. The SMILES string of the molecule is COc1ccccc1[C@H]1C2=C(N=c3s/c(=C/c4cc(-c5ccccc5)n(-c5ccc(Br)cc5)c4-c4ccccc4)c(=O)n31)c1ccccc1CC2. The van der Waals surface area contributed by atoms with Gasteiger partial charge in [-0.05, 0) is 77.6 Å². The Balaban J connectivity index is 1.33. The second-order valence-electron chi connectivity index (χ2n) is 12.7. The Morgan fingerprint density at radius 3 is 2.25 bits per heavy atom. The number of fused-ring (bicyclic) bond motifs is 3. The number of benzene rings is 5. The molecular formula is C44H32BrN3O2S. The predicted octanol–water partition coefficient (Wildman–Crippen LogP) is 9.21. The fourth-order valence-electron chi connectivity index (χ4n) is 7.54. The second kappa shape index (κ2) is 13.0. The summed E-state index contributed by atoms with van der Waals surface area (Å²) in [6.07, 6.45) is 3.77. The molecule has 0 saturated carbocycles. The Labute approximate surface area is 307 Å². The van der Waals surface area contributed by atoms with Gasteiger partial charge in [0.1, 0.15) is 5.75 Å². The van der Waals surface area contributed by atoms with Crippen LogP contribution in [0.15, 0.2) is 159 Å². The van der Waals surface area contributed by atoms with E-state index in [-0.39, 0.29) is 11.6 Å². The van der Waals surface area contributed by atoms with Crippen LogP contribution in [0.3, 0.4) is 0 Å². The van der Waals surface area contributed by atoms with Gasteiger partial charge >= 0.3 is 0 Å². The van der Waals surface area contributed by atoms with E-state index >= 15 is 0 Å². The maximum atomic E-state index is 14.8. The Hall–Kier alpha value is -5.50. The van der Waals surface area contributed by atoms with E-state index in [0.717, 1.165) is 79.2 Å². The highest BCUT2D eigenvalue weighted by atomic mass is 79.9. The van der Waals surface area contributed by atoms with Gasteiger partial charge in [-0.25, -0.2) is 4.99 Å². The fraction of sp³-hybridized carbons (Fsp3) is 0.0909. The molecule has 7 heteroatoms. The molecule has 0 bridgehead atoms. The van der Waals surface area contributed by atoms with Crippen LogP contribution in [0.2, 0.25) is 0 Å². The van der Waals surface area contributed by atoms with E-state index in [1.807, 2.05) is 34.9 Å². The van der Waals surface area contributed by atoms with Crippen molar-refractivity contribution in [3.8, 4) is 34.0 Å². The quantitative estimate of drug-likeness (QED) is 0.171. The molecule has 0 N–H and O–H groups in total. The molecule has 2 aromatic heterocycles. The number of allylic oxidation sites excluding steroid dienone is 1. The topological polar surface area (TPSA) is 48.5 Å². The number of halogens is 1. The predicted molar refractivity (Wildman–Crippen MR) is 210 cm³/mol. The van der Waals surface area contributed by atoms with E-state index in [0.29, 0.717) is 9.33 Å². The van der Waals surface area contributed by atoms with Crippen molar-refractivity contribution < 1.29 is 4.74 Å². The van der Waals surface area contributed by atoms with Gasteiger partial charge in [-0.3, -0.25) is 9.36 Å². The molecule has 51 heavy (non-hydrogen) atoms. The Morgan fingerprint density at radius 2 is 1.49 bits per heavy atom. The third-order valence-electron chi connectivity index (χ3n) is 9.82. The molecule has 0 fully saturated rings. The van der Waals surface area contributed by atoms with Crippen LogP contribution in [0.1, 0.15) is 34.7 Å². The number of aryl methyl sites for hydroxylation is 1. The molecule has 9 rings (SSSR count). The standard InChI is InChI=1S/C44H32BrN3O2S/c1-50-38-19-11-10-18-35(38)42-36-25-20-28-12-8-9-17-34(28)40(36)46-44-48(42)43(49)39(51-44)27-31-26-37(29-13-4-2-5-14-29)47(33-23-21-32(45)22-24-33)41(31)30-15-6-3-7-16-30/h2-19,21-24,26-27,42H,20,25H2,1H3/b39-27+/t42-/m0/s1. The van der Waals surface area contributed by atoms with Crippen molar-refractivity contribution in [3.05, 3.63) is 192 Å². The van der Waals surface area contributed by atoms with Crippen molar-refractivity contribution in [2.24, 2.45) is 4.99 Å². The zero-order chi connectivity index (χ0) is 34.5. The first-order valence-electron chi connectivity index (χ1n) is 17.0. The summed E-state index contributed by atoms with van der Waals surface area (Å²) in [4.78, 5) is 20.8. The molecule has 0 radical (unpaired) electrons. The molecular weight excluding hydrogens is 714 g/mol. The number of ether oxygens (including phenoxy) is 1. The molecule has 1 aliphatic heterocycles. The summed E-state index contributed by atoms with van der Waals surface area (Å²) in [5, 5.41) is 0. The van der Waals surface area contributed by atoms with Crippen molar-refractivity contribution in [2.45, 2.75) is 18.9 Å². The molecule has 1 aliphatic carbocycles. The summed E-state index contributed by atoms with van der Waals surface area (Å²) in [5.41, 5.74) is 11.6. The van der Waals surface area contributed by atoms with E-state index in [2.05, 4.69) is 136 Å². The minimum atomic E-state index is -0.330. The average molecular weight is 747 g/mol. The smallest absolute Gasteiger partial charge is 0.271 e. The molecule has 2 aliphatic rings. The summed E-state index contributed by atoms with van der Waals surface area (Å²) < 4.78 is 11.7. The van der Waals surface area contributed by atoms with E-state index in [9.17, 15) is 4.79 Å². The highest BCUT2D eigenvalue weighted by molar-refractivity contribution is 9.10. The molecule has 248 valence electrons. The minimum Gasteiger partial charge on any atom is -0.496 e. The van der Waals surface area contributed by atoms with Crippen molar-refractivity contribution in [1.82, 2.24) is 9.13 Å². The number of methoxy groups -OCH3 is 1. The number of aromatic nitrogens is 2. The molecule has 5 nitrogen and oxygen atoms in total. The Bertz CT molecular complexity index is 2650. The van der Waals surface area contributed by atoms with Gasteiger partial charge in [0.25, 0.3) is 5.56 Å². The van der Waals surface area contributed by atoms with E-state index in [1.165, 1.54) is 16.9 Å². The third kappa shape index (κ3) is 5.44. The molecule has 5 aromatic carbocycles. The number of rotatable bonds is 6. The Morgan fingerprint density at radius 1 is 0.804 bits per heavy atom. The number of thiazole rings is 1. The highest BCUT2D eigenvalue weighted by Crippen LogP contribution is 2.43. The summed E-state index contributed by atoms with van der Waals surface area (Å²) >= 11 is 5.07. The monoisotopic (exact) mass is 745 g/mol. The van der Waals surface area contributed by atoms with Crippen LogP contribution >= 0.6 is 27.3 Å². The lowest BCUT2D eigenvalue weighted by atomic mass is 9.83. The van der Waals surface area contributed by atoms with Gasteiger partial charge in [0.2, 0.25) is 0 Å². The van der Waals surface area contributed by atoms with Crippen LogP contribution in [-0.4, -0.2) is 16.2 Å². The molecule has 0 unspecified atom stereocenters. The summed E-state index contributed by atoms with van der Waals surface area (Å²) in [6, 6.07) is 47.6. The van der Waals surface area contributed by atoms with Crippen LogP contribution in [-0.2, 0) is 6.42 Å². The van der Waals surface area contributed by atoms with E-state index in [4.69, 9.17) is 9.73 Å². The first-order valence-corrected chi connectivity index (χ1v) is 18.6. The van der Waals surface area contributed by atoms with Crippen LogP contribution in [0.4, 0.5) is 0 Å². The number of hydrogen-bond donors (Lipinski definition) is 0. The van der Waals surface area contributed by atoms with Gasteiger partial charge in [0, 0.05) is 26.9 Å². The van der Waals surface area contributed by atoms with E-state index in [1.54, 1.807) is 7.11 Å². The Kier molecular flexibility index (Phi) is 8.02. The molecule has 7 aromatic rings. The maximum absolute atomic E-state index is 14.8. The molecule has 0 saturated heterocycles. The second-order valence-corrected chi connectivity index (χ2v) is 14.7. The lowest BCUT2D eigenvalue weighted by Crippen LogP contribution is -2.39. The van der Waals surface area contributed by atoms with Crippen LogP contribution in [0.25, 0.3) is 40.0 Å². The molecule has 1 atom stereocenters. The van der Waals surface area contributed by atoms with Crippen LogP contribution < -0.4 is 19.6 Å². The first kappa shape index (κ1) is 31.5. The molecule has 3 heterocycles. The fourth-order valence-corrected chi connectivity index (χ4v) is 8.80. The normalized spacial score (nSPS) is 15.2. The summed E-state index contributed by atoms with van der Waals surface area (Å²) in [6.45, 7) is 0. The number of nitrogens with zero attached hydrogens (tertiary/aromatic N) is 3. The summed E-state index contributed by atoms with van der Waals surface area (Å²) in [5.74, 6) is 0.759. The zero-order valence-corrected chi connectivity index (χ0v) is 30.2.